The molecule has 0 saturated carbocycles. The monoisotopic (exact) mass is 347 g/mol. The predicted octanol–water partition coefficient (Wildman–Crippen LogP) is 3.14. The Hall–Kier alpha value is -1.46. The third kappa shape index (κ3) is 4.25. The van der Waals surface area contributed by atoms with E-state index in [0.29, 0.717) is 18.4 Å². The fraction of sp³-hybridized carbons (Fsp3) is 0.375. The molecular formula is C16H18BrN3O. The molecule has 1 saturated heterocycles. The van der Waals surface area contributed by atoms with Crippen molar-refractivity contribution in [3.05, 3.63) is 52.9 Å². The number of halogens is 1. The van der Waals surface area contributed by atoms with Crippen molar-refractivity contribution in [2.24, 2.45) is 5.92 Å². The Balaban J connectivity index is 1.47. The molecule has 1 aliphatic rings. The molecule has 1 aromatic carbocycles. The Morgan fingerprint density at radius 3 is 3.10 bits per heavy atom. The SMILES string of the molecule is Brc1cccc(CN2CCC(COc3cnccn3)C2)c1. The number of aromatic nitrogens is 2. The fourth-order valence-corrected chi connectivity index (χ4v) is 3.10. The fourth-order valence-electron chi connectivity index (χ4n) is 2.65. The zero-order valence-corrected chi connectivity index (χ0v) is 13.4. The number of likely N-dealkylation sites (tertiary alicyclic amines) is 1. The largest absolute Gasteiger partial charge is 0.476 e. The summed E-state index contributed by atoms with van der Waals surface area (Å²) in [5.41, 5.74) is 1.35. The third-order valence-corrected chi connectivity index (χ3v) is 4.16. The van der Waals surface area contributed by atoms with Crippen LogP contribution in [0, 0.1) is 5.92 Å². The van der Waals surface area contributed by atoms with E-state index in [0.717, 1.165) is 24.1 Å². The van der Waals surface area contributed by atoms with E-state index >= 15 is 0 Å². The lowest BCUT2D eigenvalue weighted by atomic mass is 10.1. The number of hydrogen-bond donors (Lipinski definition) is 0. The summed E-state index contributed by atoms with van der Waals surface area (Å²) in [6.45, 7) is 3.92. The van der Waals surface area contributed by atoms with Crippen LogP contribution in [0.2, 0.25) is 0 Å². The molecule has 1 unspecified atom stereocenters. The van der Waals surface area contributed by atoms with Gasteiger partial charge in [-0.3, -0.25) is 9.88 Å². The first-order valence-electron chi connectivity index (χ1n) is 7.15. The molecule has 3 rings (SSSR count). The Labute approximate surface area is 133 Å². The van der Waals surface area contributed by atoms with E-state index in [1.165, 1.54) is 12.0 Å². The number of nitrogens with zero attached hydrogens (tertiary/aromatic N) is 3. The summed E-state index contributed by atoms with van der Waals surface area (Å²) in [6, 6.07) is 8.51. The lowest BCUT2D eigenvalue weighted by molar-refractivity contribution is 0.231. The topological polar surface area (TPSA) is 38.2 Å². The summed E-state index contributed by atoms with van der Waals surface area (Å²) in [6.07, 6.45) is 6.15. The number of hydrogen-bond acceptors (Lipinski definition) is 4. The number of benzene rings is 1. The van der Waals surface area contributed by atoms with Crippen LogP contribution in [0.25, 0.3) is 0 Å². The summed E-state index contributed by atoms with van der Waals surface area (Å²) >= 11 is 3.52. The van der Waals surface area contributed by atoms with Gasteiger partial charge in [0.05, 0.1) is 12.8 Å². The van der Waals surface area contributed by atoms with Crippen molar-refractivity contribution in [3.63, 3.8) is 0 Å². The second-order valence-electron chi connectivity index (χ2n) is 5.37. The highest BCUT2D eigenvalue weighted by molar-refractivity contribution is 9.10. The molecule has 5 heteroatoms. The van der Waals surface area contributed by atoms with Crippen molar-refractivity contribution in [1.82, 2.24) is 14.9 Å². The van der Waals surface area contributed by atoms with Gasteiger partial charge in [0, 0.05) is 35.9 Å². The predicted molar refractivity (Wildman–Crippen MR) is 85.1 cm³/mol. The van der Waals surface area contributed by atoms with Crippen molar-refractivity contribution in [3.8, 4) is 5.88 Å². The second kappa shape index (κ2) is 7.00. The van der Waals surface area contributed by atoms with Gasteiger partial charge >= 0.3 is 0 Å². The highest BCUT2D eigenvalue weighted by Gasteiger charge is 2.23. The minimum absolute atomic E-state index is 0.569. The van der Waals surface area contributed by atoms with Gasteiger partial charge in [-0.1, -0.05) is 28.1 Å². The third-order valence-electron chi connectivity index (χ3n) is 3.67. The van der Waals surface area contributed by atoms with Crippen molar-refractivity contribution in [2.75, 3.05) is 19.7 Å². The van der Waals surface area contributed by atoms with Gasteiger partial charge < -0.3 is 4.74 Å². The molecule has 0 amide bonds. The van der Waals surface area contributed by atoms with E-state index in [2.05, 4.69) is 55.1 Å². The van der Waals surface area contributed by atoms with E-state index in [4.69, 9.17) is 4.74 Å². The van der Waals surface area contributed by atoms with Crippen molar-refractivity contribution in [2.45, 2.75) is 13.0 Å². The van der Waals surface area contributed by atoms with E-state index in [9.17, 15) is 0 Å². The lowest BCUT2D eigenvalue weighted by Gasteiger charge is -2.16. The molecule has 0 radical (unpaired) electrons. The maximum absolute atomic E-state index is 5.70. The molecule has 0 spiro atoms. The maximum Gasteiger partial charge on any atom is 0.232 e. The Kier molecular flexibility index (Phi) is 4.83. The first-order valence-corrected chi connectivity index (χ1v) is 7.94. The average molecular weight is 348 g/mol. The zero-order valence-electron chi connectivity index (χ0n) is 11.8. The van der Waals surface area contributed by atoms with Gasteiger partial charge in [0.2, 0.25) is 5.88 Å². The molecule has 4 nitrogen and oxygen atoms in total. The van der Waals surface area contributed by atoms with E-state index in [1.54, 1.807) is 18.6 Å². The quantitative estimate of drug-likeness (QED) is 0.832. The molecular weight excluding hydrogens is 330 g/mol. The van der Waals surface area contributed by atoms with Crippen LogP contribution in [-0.2, 0) is 6.54 Å². The van der Waals surface area contributed by atoms with Crippen LogP contribution in [0.15, 0.2) is 47.3 Å². The van der Waals surface area contributed by atoms with Crippen LogP contribution in [-0.4, -0.2) is 34.6 Å². The molecule has 2 aromatic rings. The van der Waals surface area contributed by atoms with Crippen molar-refractivity contribution < 1.29 is 4.74 Å². The van der Waals surface area contributed by atoms with E-state index < -0.39 is 0 Å². The molecule has 2 heterocycles. The molecule has 1 fully saturated rings. The minimum Gasteiger partial charge on any atom is -0.476 e. The van der Waals surface area contributed by atoms with Crippen LogP contribution in [0.5, 0.6) is 5.88 Å². The first kappa shape index (κ1) is 14.5. The maximum atomic E-state index is 5.70. The van der Waals surface area contributed by atoms with Gasteiger partial charge in [0.25, 0.3) is 0 Å². The molecule has 1 atom stereocenters. The second-order valence-corrected chi connectivity index (χ2v) is 6.29. The Morgan fingerprint density at radius 2 is 2.29 bits per heavy atom. The van der Waals surface area contributed by atoms with Gasteiger partial charge in [0.1, 0.15) is 0 Å². The Bertz CT molecular complexity index is 579. The molecule has 0 aliphatic carbocycles. The van der Waals surface area contributed by atoms with Gasteiger partial charge in [-0.05, 0) is 30.7 Å². The van der Waals surface area contributed by atoms with Crippen LogP contribution in [0.4, 0.5) is 0 Å². The highest BCUT2D eigenvalue weighted by atomic mass is 79.9. The number of ether oxygens (including phenoxy) is 1. The summed E-state index contributed by atoms with van der Waals surface area (Å²) in [4.78, 5) is 10.6. The average Bonchev–Trinajstić information content (AvgIpc) is 2.94. The van der Waals surface area contributed by atoms with E-state index in [1.807, 2.05) is 0 Å². The standard InChI is InChI=1S/C16H18BrN3O/c17-15-3-1-2-13(8-15)10-20-7-4-14(11-20)12-21-16-9-18-5-6-19-16/h1-3,5-6,8-9,14H,4,7,10-12H2. The van der Waals surface area contributed by atoms with Crippen LogP contribution >= 0.6 is 15.9 Å². The lowest BCUT2D eigenvalue weighted by Crippen LogP contribution is -2.22. The van der Waals surface area contributed by atoms with Gasteiger partial charge in [0.15, 0.2) is 0 Å². The number of rotatable bonds is 5. The molecule has 1 aliphatic heterocycles. The molecule has 1 aromatic heterocycles. The van der Waals surface area contributed by atoms with E-state index in [-0.39, 0.29) is 0 Å². The van der Waals surface area contributed by atoms with Gasteiger partial charge in [-0.15, -0.1) is 0 Å². The molecule has 0 N–H and O–H groups in total. The normalized spacial score (nSPS) is 18.8. The Morgan fingerprint density at radius 1 is 1.33 bits per heavy atom. The van der Waals surface area contributed by atoms with Crippen LogP contribution in [0.1, 0.15) is 12.0 Å². The van der Waals surface area contributed by atoms with Crippen molar-refractivity contribution in [1.29, 1.82) is 0 Å². The highest BCUT2D eigenvalue weighted by Crippen LogP contribution is 2.21. The molecule has 21 heavy (non-hydrogen) atoms. The zero-order chi connectivity index (χ0) is 14.5. The summed E-state index contributed by atoms with van der Waals surface area (Å²) in [7, 11) is 0. The summed E-state index contributed by atoms with van der Waals surface area (Å²) in [5.74, 6) is 1.18. The van der Waals surface area contributed by atoms with Crippen LogP contribution in [0.3, 0.4) is 0 Å². The van der Waals surface area contributed by atoms with Crippen molar-refractivity contribution >= 4 is 15.9 Å². The first-order chi connectivity index (χ1) is 10.3. The van der Waals surface area contributed by atoms with Crippen LogP contribution < -0.4 is 4.74 Å². The summed E-state index contributed by atoms with van der Waals surface area (Å²) in [5, 5.41) is 0. The minimum atomic E-state index is 0.569. The summed E-state index contributed by atoms with van der Waals surface area (Å²) < 4.78 is 6.84. The molecule has 110 valence electrons. The molecule has 0 bridgehead atoms. The smallest absolute Gasteiger partial charge is 0.232 e. The van der Waals surface area contributed by atoms with Gasteiger partial charge in [-0.2, -0.15) is 0 Å². The van der Waals surface area contributed by atoms with Gasteiger partial charge in [-0.25, -0.2) is 4.98 Å².